The molecule has 4 rings (SSSR count). The van der Waals surface area contributed by atoms with Gasteiger partial charge in [-0.1, -0.05) is 11.6 Å². The number of thiophene rings is 1. The molecule has 2 atom stereocenters. The molecule has 1 aromatic heterocycles. The number of nitriles is 1. The second-order valence-corrected chi connectivity index (χ2v) is 7.69. The number of hydrogen-bond donors (Lipinski definition) is 1. The van der Waals surface area contributed by atoms with E-state index < -0.39 is 0 Å². The lowest BCUT2D eigenvalue weighted by Gasteiger charge is -2.26. The Hall–Kier alpha value is -1.63. The van der Waals surface area contributed by atoms with Gasteiger partial charge in [0.05, 0.1) is 11.6 Å². The lowest BCUT2D eigenvalue weighted by Crippen LogP contribution is -2.18. The van der Waals surface area contributed by atoms with Gasteiger partial charge in [-0.15, -0.1) is 11.3 Å². The highest BCUT2D eigenvalue weighted by Gasteiger charge is 2.35. The minimum Gasteiger partial charge on any atom is -0.316 e. The van der Waals surface area contributed by atoms with Crippen LogP contribution in [0.2, 0.25) is 0 Å². The predicted molar refractivity (Wildman–Crippen MR) is 92.8 cm³/mol. The maximum absolute atomic E-state index is 9.09. The molecule has 0 radical (unpaired) electrons. The monoisotopic (exact) mass is 308 g/mol. The third-order valence-electron chi connectivity index (χ3n) is 5.17. The van der Waals surface area contributed by atoms with Gasteiger partial charge < -0.3 is 5.32 Å². The smallest absolute Gasteiger partial charge is 0.0992 e. The van der Waals surface area contributed by atoms with Crippen LogP contribution in [-0.2, 0) is 0 Å². The number of rotatable bonds is 3. The van der Waals surface area contributed by atoms with Crippen LogP contribution in [0.5, 0.6) is 0 Å². The van der Waals surface area contributed by atoms with E-state index in [1.54, 1.807) is 11.1 Å². The molecule has 3 heteroatoms. The summed E-state index contributed by atoms with van der Waals surface area (Å²) in [6, 6.07) is 10.6. The van der Waals surface area contributed by atoms with Gasteiger partial charge in [-0.2, -0.15) is 5.26 Å². The molecule has 0 spiro atoms. The van der Waals surface area contributed by atoms with E-state index in [1.807, 2.05) is 30.5 Å². The lowest BCUT2D eigenvalue weighted by molar-refractivity contribution is 0.503. The average Bonchev–Trinajstić information content (AvgIpc) is 3.11. The molecule has 1 heterocycles. The first-order chi connectivity index (χ1) is 10.8. The molecule has 1 aromatic carbocycles. The first-order valence-corrected chi connectivity index (χ1v) is 8.90. The number of fused-ring (bicyclic) bond motifs is 3. The zero-order valence-corrected chi connectivity index (χ0v) is 13.7. The summed E-state index contributed by atoms with van der Waals surface area (Å²) in [7, 11) is 2.05. The largest absolute Gasteiger partial charge is 0.316 e. The Bertz CT molecular complexity index is 793. The van der Waals surface area contributed by atoms with Gasteiger partial charge in [0.25, 0.3) is 0 Å². The molecule has 2 bridgehead atoms. The van der Waals surface area contributed by atoms with Crippen molar-refractivity contribution in [2.75, 3.05) is 13.6 Å². The van der Waals surface area contributed by atoms with Gasteiger partial charge >= 0.3 is 0 Å². The Balaban J connectivity index is 1.83. The maximum Gasteiger partial charge on any atom is 0.0992 e. The van der Waals surface area contributed by atoms with Crippen molar-refractivity contribution >= 4 is 27.0 Å². The molecule has 1 unspecified atom stereocenters. The standard InChI is InChI=1S/C19H20N2S/c1-21-11-16-7-12-2-5-15(6-12)19(16)18-9-14-4-3-13(10-20)8-17(14)22-18/h3-4,8-9,12,15,21H,2,5-7,11H2,1H3/t12?,15-/m1/s1. The fourth-order valence-electron chi connectivity index (χ4n) is 4.26. The summed E-state index contributed by atoms with van der Waals surface area (Å²) in [4.78, 5) is 1.43. The van der Waals surface area contributed by atoms with Crippen LogP contribution in [0.1, 0.15) is 36.1 Å². The summed E-state index contributed by atoms with van der Waals surface area (Å²) >= 11 is 1.86. The highest BCUT2D eigenvalue weighted by atomic mass is 32.1. The van der Waals surface area contributed by atoms with E-state index in [9.17, 15) is 0 Å². The van der Waals surface area contributed by atoms with Gasteiger partial charge in [0, 0.05) is 16.1 Å². The normalized spacial score (nSPS) is 24.0. The Morgan fingerprint density at radius 3 is 3.05 bits per heavy atom. The Kier molecular flexibility index (Phi) is 3.52. The highest BCUT2D eigenvalue weighted by molar-refractivity contribution is 7.20. The molecule has 1 N–H and O–H groups in total. The molecule has 2 nitrogen and oxygen atoms in total. The first-order valence-electron chi connectivity index (χ1n) is 8.09. The molecule has 2 aromatic rings. The first kappa shape index (κ1) is 14.0. The van der Waals surface area contributed by atoms with Crippen LogP contribution in [-0.4, -0.2) is 13.6 Å². The number of likely N-dealkylation sites (N-methyl/N-ethyl adjacent to an activating group) is 1. The van der Waals surface area contributed by atoms with Gasteiger partial charge in [-0.3, -0.25) is 0 Å². The molecule has 22 heavy (non-hydrogen) atoms. The van der Waals surface area contributed by atoms with Crippen molar-refractivity contribution in [2.24, 2.45) is 11.8 Å². The number of nitrogens with one attached hydrogen (secondary N) is 1. The van der Waals surface area contributed by atoms with E-state index in [-0.39, 0.29) is 0 Å². The second-order valence-electron chi connectivity index (χ2n) is 6.60. The van der Waals surface area contributed by atoms with Gasteiger partial charge in [-0.25, -0.2) is 0 Å². The summed E-state index contributed by atoms with van der Waals surface area (Å²) in [5.41, 5.74) is 3.99. The van der Waals surface area contributed by atoms with E-state index in [0.717, 1.165) is 23.9 Å². The quantitative estimate of drug-likeness (QED) is 0.902. The third kappa shape index (κ3) is 2.27. The van der Waals surface area contributed by atoms with Crippen LogP contribution < -0.4 is 5.32 Å². The highest BCUT2D eigenvalue weighted by Crippen LogP contribution is 2.50. The number of benzene rings is 1. The molecule has 2 aliphatic carbocycles. The van der Waals surface area contributed by atoms with Crippen molar-refractivity contribution in [3.63, 3.8) is 0 Å². The summed E-state index contributed by atoms with van der Waals surface area (Å²) in [5.74, 6) is 1.67. The predicted octanol–water partition coefficient (Wildman–Crippen LogP) is 4.57. The van der Waals surface area contributed by atoms with Crippen LogP contribution in [0.4, 0.5) is 0 Å². The zero-order valence-electron chi connectivity index (χ0n) is 12.9. The molecule has 112 valence electrons. The lowest BCUT2D eigenvalue weighted by atomic mass is 9.82. The Labute approximate surface area is 135 Å². The number of allylic oxidation sites excluding steroid dienone is 1. The molecule has 1 saturated carbocycles. The average molecular weight is 308 g/mol. The van der Waals surface area contributed by atoms with Crippen LogP contribution in [0, 0.1) is 23.2 Å². The number of nitrogens with zero attached hydrogens (tertiary/aromatic N) is 1. The number of hydrogen-bond acceptors (Lipinski definition) is 3. The van der Waals surface area contributed by atoms with Crippen LogP contribution in [0.25, 0.3) is 15.7 Å². The SMILES string of the molecule is CNCC1=C(c2cc3ccc(C#N)cc3s2)[C@@H]2CCC(C1)C2. The van der Waals surface area contributed by atoms with Crippen LogP contribution in [0.15, 0.2) is 29.8 Å². The fraction of sp³-hybridized carbons (Fsp3) is 0.421. The van der Waals surface area contributed by atoms with Gasteiger partial charge in [-0.05, 0) is 73.7 Å². The fourth-order valence-corrected chi connectivity index (χ4v) is 5.53. The van der Waals surface area contributed by atoms with Crippen molar-refractivity contribution in [3.8, 4) is 6.07 Å². The van der Waals surface area contributed by atoms with Crippen molar-refractivity contribution in [3.05, 3.63) is 40.3 Å². The molecule has 0 aliphatic heterocycles. The molecular weight excluding hydrogens is 288 g/mol. The van der Waals surface area contributed by atoms with E-state index in [2.05, 4.69) is 23.5 Å². The molecule has 2 aliphatic rings. The third-order valence-corrected chi connectivity index (χ3v) is 6.30. The molecular formula is C19H20N2S. The van der Waals surface area contributed by atoms with E-state index >= 15 is 0 Å². The van der Waals surface area contributed by atoms with Gasteiger partial charge in [0.15, 0.2) is 0 Å². The molecule has 0 amide bonds. The van der Waals surface area contributed by atoms with Crippen molar-refractivity contribution in [1.29, 1.82) is 5.26 Å². The van der Waals surface area contributed by atoms with Gasteiger partial charge in [0.1, 0.15) is 0 Å². The van der Waals surface area contributed by atoms with Gasteiger partial charge in [0.2, 0.25) is 0 Å². The minimum absolute atomic E-state index is 0.755. The van der Waals surface area contributed by atoms with E-state index in [0.29, 0.717) is 0 Å². The zero-order chi connectivity index (χ0) is 15.1. The second kappa shape index (κ2) is 5.53. The Morgan fingerprint density at radius 2 is 2.23 bits per heavy atom. The maximum atomic E-state index is 9.09. The van der Waals surface area contributed by atoms with Crippen molar-refractivity contribution in [2.45, 2.75) is 25.7 Å². The Morgan fingerprint density at radius 1 is 1.32 bits per heavy atom. The summed E-state index contributed by atoms with van der Waals surface area (Å²) in [6.45, 7) is 1.01. The summed E-state index contributed by atoms with van der Waals surface area (Å²) in [6.07, 6.45) is 5.39. The van der Waals surface area contributed by atoms with Crippen LogP contribution >= 0.6 is 11.3 Å². The summed E-state index contributed by atoms with van der Waals surface area (Å²) < 4.78 is 1.24. The summed E-state index contributed by atoms with van der Waals surface area (Å²) in [5, 5.41) is 13.7. The van der Waals surface area contributed by atoms with Crippen LogP contribution in [0.3, 0.4) is 0 Å². The molecule has 1 fully saturated rings. The van der Waals surface area contributed by atoms with Crippen molar-refractivity contribution in [1.82, 2.24) is 5.32 Å². The van der Waals surface area contributed by atoms with Crippen molar-refractivity contribution < 1.29 is 0 Å². The molecule has 0 saturated heterocycles. The topological polar surface area (TPSA) is 35.8 Å². The minimum atomic E-state index is 0.755. The van der Waals surface area contributed by atoms with E-state index in [4.69, 9.17) is 5.26 Å². The van der Waals surface area contributed by atoms with E-state index in [1.165, 1.54) is 40.6 Å².